The Morgan fingerprint density at radius 2 is 2.24 bits per heavy atom. The van der Waals surface area contributed by atoms with E-state index in [0.717, 1.165) is 16.3 Å². The predicted octanol–water partition coefficient (Wildman–Crippen LogP) is 2.16. The number of anilines is 2. The number of rotatable bonds is 3. The van der Waals surface area contributed by atoms with Gasteiger partial charge < -0.3 is 10.6 Å². The summed E-state index contributed by atoms with van der Waals surface area (Å²) in [5.41, 5.74) is 1.66. The molecule has 1 aromatic carbocycles. The van der Waals surface area contributed by atoms with Crippen LogP contribution in [0.25, 0.3) is 0 Å². The molecule has 3 rings (SSSR count). The summed E-state index contributed by atoms with van der Waals surface area (Å²) in [5, 5.41) is 11.8. The fourth-order valence-electron chi connectivity index (χ4n) is 2.07. The zero-order valence-corrected chi connectivity index (χ0v) is 12.2. The van der Waals surface area contributed by atoms with Gasteiger partial charge in [-0.25, -0.2) is 0 Å². The highest BCUT2D eigenvalue weighted by Crippen LogP contribution is 2.36. The van der Waals surface area contributed by atoms with E-state index >= 15 is 0 Å². The molecule has 0 saturated heterocycles. The minimum absolute atomic E-state index is 0.108. The van der Waals surface area contributed by atoms with Crippen LogP contribution in [0.5, 0.6) is 0 Å². The molecule has 2 aromatic rings. The van der Waals surface area contributed by atoms with E-state index in [2.05, 4.69) is 20.8 Å². The summed E-state index contributed by atoms with van der Waals surface area (Å²) in [6, 6.07) is 9.30. The monoisotopic (exact) mass is 302 g/mol. The van der Waals surface area contributed by atoms with Crippen LogP contribution in [0.3, 0.4) is 0 Å². The van der Waals surface area contributed by atoms with E-state index in [1.54, 1.807) is 6.07 Å². The van der Waals surface area contributed by atoms with Gasteiger partial charge in [0.2, 0.25) is 11.8 Å². The van der Waals surface area contributed by atoms with E-state index in [1.807, 2.05) is 31.2 Å². The number of nitrogens with one attached hydrogen (secondary N) is 3. The van der Waals surface area contributed by atoms with Gasteiger partial charge in [-0.3, -0.25) is 14.7 Å². The Labute approximate surface area is 125 Å². The van der Waals surface area contributed by atoms with Crippen molar-refractivity contribution in [2.45, 2.75) is 23.5 Å². The van der Waals surface area contributed by atoms with Crippen molar-refractivity contribution in [1.29, 1.82) is 0 Å². The SMILES string of the molecule is Cc1cc(NC(=O)CC2Sc3ccccc3NC2=O)n[nH]1. The van der Waals surface area contributed by atoms with Crippen LogP contribution < -0.4 is 10.6 Å². The fraction of sp³-hybridized carbons (Fsp3) is 0.214. The Morgan fingerprint density at radius 3 is 3.00 bits per heavy atom. The molecule has 21 heavy (non-hydrogen) atoms. The number of carbonyl (C=O) groups is 2. The summed E-state index contributed by atoms with van der Waals surface area (Å²) in [5.74, 6) is 0.0970. The molecule has 0 radical (unpaired) electrons. The van der Waals surface area contributed by atoms with Gasteiger partial charge in [0.05, 0.1) is 10.9 Å². The maximum atomic E-state index is 12.0. The lowest BCUT2D eigenvalue weighted by Gasteiger charge is -2.23. The number of hydrogen-bond acceptors (Lipinski definition) is 4. The standard InChI is InChI=1S/C14H14N4O2S/c1-8-6-12(18-17-8)16-13(19)7-11-14(20)15-9-4-2-3-5-10(9)21-11/h2-6,11H,7H2,1H3,(H,15,20)(H2,16,17,18,19). The van der Waals surface area contributed by atoms with Crippen molar-refractivity contribution in [2.75, 3.05) is 10.6 Å². The number of aryl methyl sites for hydroxylation is 1. The van der Waals surface area contributed by atoms with Crippen LogP contribution in [0.4, 0.5) is 11.5 Å². The summed E-state index contributed by atoms with van der Waals surface area (Å²) in [6.07, 6.45) is 0.108. The van der Waals surface area contributed by atoms with Crippen LogP contribution in [0, 0.1) is 6.92 Å². The summed E-state index contributed by atoms with van der Waals surface area (Å²) >= 11 is 1.41. The maximum absolute atomic E-state index is 12.0. The summed E-state index contributed by atoms with van der Waals surface area (Å²) in [7, 11) is 0. The van der Waals surface area contributed by atoms with Gasteiger partial charge in [0.1, 0.15) is 0 Å². The number of nitrogens with zero attached hydrogens (tertiary/aromatic N) is 1. The molecule has 1 unspecified atom stereocenters. The van der Waals surface area contributed by atoms with E-state index in [0.29, 0.717) is 5.82 Å². The molecule has 1 aliphatic rings. The molecule has 2 amide bonds. The number of amides is 2. The lowest BCUT2D eigenvalue weighted by atomic mass is 10.2. The Bertz CT molecular complexity index is 698. The molecule has 108 valence electrons. The van der Waals surface area contributed by atoms with Gasteiger partial charge in [-0.1, -0.05) is 12.1 Å². The molecule has 0 bridgehead atoms. The Kier molecular flexibility index (Phi) is 3.66. The molecule has 6 nitrogen and oxygen atoms in total. The minimum atomic E-state index is -0.431. The van der Waals surface area contributed by atoms with Crippen molar-refractivity contribution >= 4 is 35.1 Å². The first kappa shape index (κ1) is 13.7. The Morgan fingerprint density at radius 1 is 1.43 bits per heavy atom. The molecule has 3 N–H and O–H groups in total. The third-order valence-corrected chi connectivity index (χ3v) is 4.33. The number of fused-ring (bicyclic) bond motifs is 1. The quantitative estimate of drug-likeness (QED) is 0.811. The zero-order valence-electron chi connectivity index (χ0n) is 11.3. The van der Waals surface area contributed by atoms with Gasteiger partial charge >= 0.3 is 0 Å². The predicted molar refractivity (Wildman–Crippen MR) is 81.3 cm³/mol. The molecule has 1 atom stereocenters. The molecule has 7 heteroatoms. The second kappa shape index (κ2) is 5.61. The van der Waals surface area contributed by atoms with Gasteiger partial charge in [0.25, 0.3) is 0 Å². The van der Waals surface area contributed by atoms with Crippen LogP contribution in [0.15, 0.2) is 35.2 Å². The second-order valence-electron chi connectivity index (χ2n) is 4.78. The molecular weight excluding hydrogens is 288 g/mol. The van der Waals surface area contributed by atoms with Gasteiger partial charge in [-0.15, -0.1) is 11.8 Å². The summed E-state index contributed by atoms with van der Waals surface area (Å²) < 4.78 is 0. The van der Waals surface area contributed by atoms with E-state index in [4.69, 9.17) is 0 Å². The van der Waals surface area contributed by atoms with Crippen molar-refractivity contribution in [1.82, 2.24) is 10.2 Å². The van der Waals surface area contributed by atoms with Crippen LogP contribution >= 0.6 is 11.8 Å². The molecule has 0 saturated carbocycles. The van der Waals surface area contributed by atoms with Gasteiger partial charge in [-0.2, -0.15) is 5.10 Å². The number of aromatic nitrogens is 2. The average Bonchev–Trinajstić information content (AvgIpc) is 2.85. The summed E-state index contributed by atoms with van der Waals surface area (Å²) in [6.45, 7) is 1.85. The van der Waals surface area contributed by atoms with Gasteiger partial charge in [0, 0.05) is 23.1 Å². The zero-order chi connectivity index (χ0) is 14.8. The number of para-hydroxylation sites is 1. The van der Waals surface area contributed by atoms with Crippen LogP contribution in [-0.2, 0) is 9.59 Å². The summed E-state index contributed by atoms with van der Waals surface area (Å²) in [4.78, 5) is 25.0. The maximum Gasteiger partial charge on any atom is 0.238 e. The highest BCUT2D eigenvalue weighted by Gasteiger charge is 2.28. The van der Waals surface area contributed by atoms with Crippen molar-refractivity contribution in [2.24, 2.45) is 0 Å². The third kappa shape index (κ3) is 3.08. The number of hydrogen-bond donors (Lipinski definition) is 3. The van der Waals surface area contributed by atoms with Gasteiger partial charge in [0.15, 0.2) is 5.82 Å². The van der Waals surface area contributed by atoms with E-state index < -0.39 is 5.25 Å². The topological polar surface area (TPSA) is 86.9 Å². The van der Waals surface area contributed by atoms with Crippen LogP contribution in [-0.4, -0.2) is 27.3 Å². The number of benzene rings is 1. The lowest BCUT2D eigenvalue weighted by Crippen LogP contribution is -2.32. The van der Waals surface area contributed by atoms with Crippen molar-refractivity contribution < 1.29 is 9.59 Å². The molecule has 0 aliphatic carbocycles. The van der Waals surface area contributed by atoms with Crippen molar-refractivity contribution in [3.8, 4) is 0 Å². The largest absolute Gasteiger partial charge is 0.324 e. The molecule has 0 spiro atoms. The van der Waals surface area contributed by atoms with Crippen LogP contribution in [0.2, 0.25) is 0 Å². The molecule has 1 aliphatic heterocycles. The van der Waals surface area contributed by atoms with Crippen molar-refractivity contribution in [3.05, 3.63) is 36.0 Å². The number of aromatic amines is 1. The highest BCUT2D eigenvalue weighted by atomic mass is 32.2. The highest BCUT2D eigenvalue weighted by molar-refractivity contribution is 8.01. The average molecular weight is 302 g/mol. The van der Waals surface area contributed by atoms with E-state index in [9.17, 15) is 9.59 Å². The molecule has 1 aromatic heterocycles. The Hall–Kier alpha value is -2.28. The van der Waals surface area contributed by atoms with E-state index in [1.165, 1.54) is 11.8 Å². The first-order valence-electron chi connectivity index (χ1n) is 6.50. The van der Waals surface area contributed by atoms with Crippen molar-refractivity contribution in [3.63, 3.8) is 0 Å². The van der Waals surface area contributed by atoms with Crippen LogP contribution in [0.1, 0.15) is 12.1 Å². The lowest BCUT2D eigenvalue weighted by molar-refractivity contribution is -0.120. The Balaban J connectivity index is 1.65. The third-order valence-electron chi connectivity index (χ3n) is 3.05. The number of carbonyl (C=O) groups excluding carboxylic acids is 2. The fourth-order valence-corrected chi connectivity index (χ4v) is 3.18. The number of H-pyrrole nitrogens is 1. The smallest absolute Gasteiger partial charge is 0.238 e. The number of thioether (sulfide) groups is 1. The molecular formula is C14H14N4O2S. The minimum Gasteiger partial charge on any atom is -0.324 e. The second-order valence-corrected chi connectivity index (χ2v) is 6.02. The molecule has 2 heterocycles. The van der Waals surface area contributed by atoms with E-state index in [-0.39, 0.29) is 18.2 Å². The molecule has 0 fully saturated rings. The van der Waals surface area contributed by atoms with Gasteiger partial charge in [-0.05, 0) is 19.1 Å². The first-order chi connectivity index (χ1) is 10.1. The normalized spacial score (nSPS) is 17.0. The first-order valence-corrected chi connectivity index (χ1v) is 7.38.